The molecule has 3 rings (SSSR count). The molecular weight excluding hydrogens is 277 g/mol. The van der Waals surface area contributed by atoms with Gasteiger partial charge in [0, 0.05) is 25.1 Å². The SMILES string of the molecule is CCn1c(C(CN)Cc2ccccc2)nc2cc(F)ccc21. The molecule has 114 valence electrons. The summed E-state index contributed by atoms with van der Waals surface area (Å²) in [6, 6.07) is 15.0. The Morgan fingerprint density at radius 3 is 2.64 bits per heavy atom. The second-order valence-electron chi connectivity index (χ2n) is 5.47. The van der Waals surface area contributed by atoms with Crippen molar-refractivity contribution in [3.8, 4) is 0 Å². The van der Waals surface area contributed by atoms with Crippen LogP contribution in [0.1, 0.15) is 24.2 Å². The number of hydrogen-bond acceptors (Lipinski definition) is 2. The van der Waals surface area contributed by atoms with Crippen LogP contribution in [0.25, 0.3) is 11.0 Å². The molecule has 3 aromatic rings. The number of rotatable bonds is 5. The molecule has 22 heavy (non-hydrogen) atoms. The van der Waals surface area contributed by atoms with E-state index in [0.29, 0.717) is 12.1 Å². The first-order valence-electron chi connectivity index (χ1n) is 7.62. The maximum atomic E-state index is 13.4. The van der Waals surface area contributed by atoms with E-state index in [1.54, 1.807) is 6.07 Å². The predicted molar refractivity (Wildman–Crippen MR) is 87.3 cm³/mol. The van der Waals surface area contributed by atoms with Crippen molar-refractivity contribution in [2.75, 3.05) is 6.54 Å². The summed E-state index contributed by atoms with van der Waals surface area (Å²) in [7, 11) is 0. The summed E-state index contributed by atoms with van der Waals surface area (Å²) >= 11 is 0. The summed E-state index contributed by atoms with van der Waals surface area (Å²) in [5.41, 5.74) is 8.90. The fourth-order valence-corrected chi connectivity index (χ4v) is 2.94. The van der Waals surface area contributed by atoms with Gasteiger partial charge in [0.05, 0.1) is 11.0 Å². The van der Waals surface area contributed by atoms with Gasteiger partial charge in [0.15, 0.2) is 0 Å². The third-order valence-electron chi connectivity index (χ3n) is 4.03. The average Bonchev–Trinajstić information content (AvgIpc) is 2.90. The molecule has 0 aliphatic rings. The third kappa shape index (κ3) is 2.74. The lowest BCUT2D eigenvalue weighted by Crippen LogP contribution is -2.19. The van der Waals surface area contributed by atoms with E-state index in [1.807, 2.05) is 18.2 Å². The number of fused-ring (bicyclic) bond motifs is 1. The van der Waals surface area contributed by atoms with Crippen molar-refractivity contribution >= 4 is 11.0 Å². The van der Waals surface area contributed by atoms with Crippen LogP contribution in [-0.4, -0.2) is 16.1 Å². The Morgan fingerprint density at radius 2 is 1.95 bits per heavy atom. The smallest absolute Gasteiger partial charge is 0.125 e. The number of halogens is 1. The van der Waals surface area contributed by atoms with Crippen molar-refractivity contribution in [3.63, 3.8) is 0 Å². The summed E-state index contributed by atoms with van der Waals surface area (Å²) in [6.45, 7) is 3.38. The van der Waals surface area contributed by atoms with Crippen molar-refractivity contribution in [3.05, 3.63) is 65.7 Å². The lowest BCUT2D eigenvalue weighted by Gasteiger charge is -2.16. The van der Waals surface area contributed by atoms with E-state index in [4.69, 9.17) is 5.73 Å². The van der Waals surface area contributed by atoms with E-state index in [2.05, 4.69) is 28.6 Å². The molecule has 1 unspecified atom stereocenters. The molecule has 2 aromatic carbocycles. The van der Waals surface area contributed by atoms with Gasteiger partial charge in [-0.1, -0.05) is 30.3 Å². The molecule has 0 saturated heterocycles. The zero-order chi connectivity index (χ0) is 15.5. The highest BCUT2D eigenvalue weighted by Gasteiger charge is 2.19. The summed E-state index contributed by atoms with van der Waals surface area (Å²) < 4.78 is 15.6. The van der Waals surface area contributed by atoms with Crippen LogP contribution in [0.5, 0.6) is 0 Å². The molecule has 4 heteroatoms. The van der Waals surface area contributed by atoms with Crippen molar-refractivity contribution < 1.29 is 4.39 Å². The Morgan fingerprint density at radius 1 is 1.18 bits per heavy atom. The van der Waals surface area contributed by atoms with Gasteiger partial charge in [-0.2, -0.15) is 0 Å². The minimum Gasteiger partial charge on any atom is -0.330 e. The van der Waals surface area contributed by atoms with Crippen LogP contribution in [0.15, 0.2) is 48.5 Å². The van der Waals surface area contributed by atoms with E-state index in [0.717, 1.165) is 24.3 Å². The van der Waals surface area contributed by atoms with Crippen LogP contribution >= 0.6 is 0 Å². The van der Waals surface area contributed by atoms with Crippen LogP contribution in [-0.2, 0) is 13.0 Å². The molecule has 0 radical (unpaired) electrons. The zero-order valence-corrected chi connectivity index (χ0v) is 12.7. The number of aryl methyl sites for hydroxylation is 1. The van der Waals surface area contributed by atoms with Crippen LogP contribution in [0.3, 0.4) is 0 Å². The Hall–Kier alpha value is -2.20. The van der Waals surface area contributed by atoms with Gasteiger partial charge < -0.3 is 10.3 Å². The van der Waals surface area contributed by atoms with Crippen LogP contribution in [0.4, 0.5) is 4.39 Å². The standard InChI is InChI=1S/C18H20FN3/c1-2-22-17-9-8-15(19)11-16(17)21-18(22)14(12-20)10-13-6-4-3-5-7-13/h3-9,11,14H,2,10,12,20H2,1H3. The third-order valence-corrected chi connectivity index (χ3v) is 4.03. The molecular formula is C18H20FN3. The van der Waals surface area contributed by atoms with Gasteiger partial charge in [0.25, 0.3) is 0 Å². The first-order chi connectivity index (χ1) is 10.7. The van der Waals surface area contributed by atoms with Gasteiger partial charge >= 0.3 is 0 Å². The summed E-state index contributed by atoms with van der Waals surface area (Å²) in [4.78, 5) is 4.65. The van der Waals surface area contributed by atoms with E-state index < -0.39 is 0 Å². The summed E-state index contributed by atoms with van der Waals surface area (Å²) in [5.74, 6) is 0.805. The molecule has 0 fully saturated rings. The van der Waals surface area contributed by atoms with E-state index in [-0.39, 0.29) is 11.7 Å². The van der Waals surface area contributed by atoms with Crippen molar-refractivity contribution in [2.45, 2.75) is 25.8 Å². The average molecular weight is 297 g/mol. The van der Waals surface area contributed by atoms with E-state index >= 15 is 0 Å². The fraction of sp³-hybridized carbons (Fsp3) is 0.278. The molecule has 1 heterocycles. The molecule has 0 aliphatic heterocycles. The normalized spacial score (nSPS) is 12.7. The Balaban J connectivity index is 2.02. The molecule has 0 spiro atoms. The monoisotopic (exact) mass is 297 g/mol. The van der Waals surface area contributed by atoms with Gasteiger partial charge in [-0.05, 0) is 31.0 Å². The molecule has 0 amide bonds. The topological polar surface area (TPSA) is 43.8 Å². The van der Waals surface area contributed by atoms with Crippen LogP contribution < -0.4 is 5.73 Å². The van der Waals surface area contributed by atoms with Crippen molar-refractivity contribution in [2.24, 2.45) is 5.73 Å². The number of hydrogen-bond donors (Lipinski definition) is 1. The van der Waals surface area contributed by atoms with E-state index in [1.165, 1.54) is 17.7 Å². The lowest BCUT2D eigenvalue weighted by molar-refractivity contribution is 0.597. The second-order valence-corrected chi connectivity index (χ2v) is 5.47. The molecule has 0 aliphatic carbocycles. The molecule has 1 atom stereocenters. The quantitative estimate of drug-likeness (QED) is 0.783. The van der Waals surface area contributed by atoms with E-state index in [9.17, 15) is 4.39 Å². The molecule has 0 saturated carbocycles. The number of imidazole rings is 1. The highest BCUT2D eigenvalue weighted by Crippen LogP contribution is 2.25. The van der Waals surface area contributed by atoms with Gasteiger partial charge in [-0.25, -0.2) is 9.37 Å². The summed E-state index contributed by atoms with van der Waals surface area (Å²) in [5, 5.41) is 0. The Labute approximate surface area is 129 Å². The van der Waals surface area contributed by atoms with Crippen LogP contribution in [0.2, 0.25) is 0 Å². The molecule has 1 aromatic heterocycles. The number of benzene rings is 2. The predicted octanol–water partition coefficient (Wildman–Crippen LogP) is 3.48. The number of aromatic nitrogens is 2. The second kappa shape index (κ2) is 6.28. The maximum Gasteiger partial charge on any atom is 0.125 e. The van der Waals surface area contributed by atoms with Crippen molar-refractivity contribution in [1.29, 1.82) is 0 Å². The number of nitrogens with zero attached hydrogens (tertiary/aromatic N) is 2. The molecule has 0 bridgehead atoms. The van der Waals surface area contributed by atoms with Gasteiger partial charge in [-0.15, -0.1) is 0 Å². The first-order valence-corrected chi connectivity index (χ1v) is 7.62. The minimum atomic E-state index is -0.257. The van der Waals surface area contributed by atoms with Gasteiger partial charge in [0.2, 0.25) is 0 Å². The maximum absolute atomic E-state index is 13.4. The first kappa shape index (κ1) is 14.7. The van der Waals surface area contributed by atoms with Crippen LogP contribution in [0, 0.1) is 5.82 Å². The molecule has 3 nitrogen and oxygen atoms in total. The lowest BCUT2D eigenvalue weighted by atomic mass is 9.98. The fourth-order valence-electron chi connectivity index (χ4n) is 2.94. The zero-order valence-electron chi connectivity index (χ0n) is 12.7. The molecule has 2 N–H and O–H groups in total. The Kier molecular flexibility index (Phi) is 4.20. The number of nitrogens with two attached hydrogens (primary N) is 1. The van der Waals surface area contributed by atoms with Crippen molar-refractivity contribution in [1.82, 2.24) is 9.55 Å². The minimum absolute atomic E-state index is 0.123. The largest absolute Gasteiger partial charge is 0.330 e. The Bertz CT molecular complexity index is 765. The highest BCUT2D eigenvalue weighted by atomic mass is 19.1. The van der Waals surface area contributed by atoms with Gasteiger partial charge in [-0.3, -0.25) is 0 Å². The van der Waals surface area contributed by atoms with Gasteiger partial charge in [0.1, 0.15) is 11.6 Å². The highest BCUT2D eigenvalue weighted by molar-refractivity contribution is 5.76. The summed E-state index contributed by atoms with van der Waals surface area (Å²) in [6.07, 6.45) is 0.836.